The van der Waals surface area contributed by atoms with Crippen molar-refractivity contribution in [2.75, 3.05) is 5.73 Å². The summed E-state index contributed by atoms with van der Waals surface area (Å²) in [5, 5.41) is 5.82. The van der Waals surface area contributed by atoms with E-state index in [-0.39, 0.29) is 0 Å². The first-order valence-electron chi connectivity index (χ1n) is 4.90. The number of benzene rings is 1. The molecule has 0 spiro atoms. The van der Waals surface area contributed by atoms with Crippen LogP contribution >= 0.6 is 0 Å². The number of hydrogen-bond donors (Lipinski definition) is 1. The third-order valence-electron chi connectivity index (χ3n) is 2.48. The molecular formula is C12H9N3O. The first-order valence-corrected chi connectivity index (χ1v) is 4.90. The standard InChI is InChI=1S/C12H9N3O/c13-12-6-11(16-15-12)9-3-1-2-8-4-5-14-7-10(8)9/h1-7H,(H2,13,15). The van der Waals surface area contributed by atoms with Crippen molar-refractivity contribution in [2.45, 2.75) is 0 Å². The lowest BCUT2D eigenvalue weighted by molar-refractivity contribution is 0.436. The third-order valence-corrected chi connectivity index (χ3v) is 2.48. The predicted octanol–water partition coefficient (Wildman–Crippen LogP) is 2.47. The van der Waals surface area contributed by atoms with Gasteiger partial charge in [0, 0.05) is 29.4 Å². The zero-order chi connectivity index (χ0) is 11.0. The van der Waals surface area contributed by atoms with Crippen LogP contribution in [-0.4, -0.2) is 10.1 Å². The molecule has 16 heavy (non-hydrogen) atoms. The quantitative estimate of drug-likeness (QED) is 0.671. The van der Waals surface area contributed by atoms with Crippen molar-refractivity contribution in [3.05, 3.63) is 42.7 Å². The molecule has 2 aromatic heterocycles. The van der Waals surface area contributed by atoms with E-state index in [1.54, 1.807) is 12.3 Å². The van der Waals surface area contributed by atoms with Crippen LogP contribution in [0.1, 0.15) is 0 Å². The van der Waals surface area contributed by atoms with Crippen LogP contribution in [0.25, 0.3) is 22.1 Å². The van der Waals surface area contributed by atoms with Gasteiger partial charge in [0.25, 0.3) is 0 Å². The van der Waals surface area contributed by atoms with Crippen molar-refractivity contribution < 1.29 is 4.52 Å². The topological polar surface area (TPSA) is 64.9 Å². The van der Waals surface area contributed by atoms with Gasteiger partial charge in [0.15, 0.2) is 11.6 Å². The molecule has 0 radical (unpaired) electrons. The van der Waals surface area contributed by atoms with E-state index in [2.05, 4.69) is 10.1 Å². The first kappa shape index (κ1) is 8.91. The fraction of sp³-hybridized carbons (Fsp3) is 0. The minimum atomic E-state index is 0.385. The fourth-order valence-electron chi connectivity index (χ4n) is 1.74. The summed E-state index contributed by atoms with van der Waals surface area (Å²) in [4.78, 5) is 4.11. The van der Waals surface area contributed by atoms with Gasteiger partial charge in [0.05, 0.1) is 0 Å². The second-order valence-corrected chi connectivity index (χ2v) is 3.52. The summed E-state index contributed by atoms with van der Waals surface area (Å²) in [6, 6.07) is 9.63. The lowest BCUT2D eigenvalue weighted by atomic mass is 10.1. The SMILES string of the molecule is Nc1cc(-c2cccc3ccncc23)on1. The lowest BCUT2D eigenvalue weighted by Crippen LogP contribution is -1.81. The largest absolute Gasteiger partial charge is 0.381 e. The monoisotopic (exact) mass is 211 g/mol. The number of anilines is 1. The fourth-order valence-corrected chi connectivity index (χ4v) is 1.74. The maximum Gasteiger partial charge on any atom is 0.169 e. The van der Waals surface area contributed by atoms with Crippen LogP contribution in [-0.2, 0) is 0 Å². The highest BCUT2D eigenvalue weighted by molar-refractivity contribution is 5.94. The maximum atomic E-state index is 5.54. The van der Waals surface area contributed by atoms with Gasteiger partial charge in [-0.2, -0.15) is 0 Å². The number of aromatic nitrogens is 2. The lowest BCUT2D eigenvalue weighted by Gasteiger charge is -2.01. The number of pyridine rings is 1. The molecule has 2 heterocycles. The molecule has 0 aliphatic heterocycles. The summed E-state index contributed by atoms with van der Waals surface area (Å²) in [6.07, 6.45) is 3.57. The van der Waals surface area contributed by atoms with Crippen molar-refractivity contribution in [1.82, 2.24) is 10.1 Å². The van der Waals surface area contributed by atoms with Gasteiger partial charge in [0.2, 0.25) is 0 Å². The summed E-state index contributed by atoms with van der Waals surface area (Å²) in [7, 11) is 0. The van der Waals surface area contributed by atoms with Gasteiger partial charge in [-0.3, -0.25) is 4.98 Å². The number of nitrogen functional groups attached to an aromatic ring is 1. The van der Waals surface area contributed by atoms with E-state index in [0.29, 0.717) is 11.6 Å². The summed E-state index contributed by atoms with van der Waals surface area (Å²) in [6.45, 7) is 0. The Hall–Kier alpha value is -2.36. The Balaban J connectivity index is 2.31. The Morgan fingerprint density at radius 3 is 2.94 bits per heavy atom. The van der Waals surface area contributed by atoms with Crippen molar-refractivity contribution in [3.63, 3.8) is 0 Å². The predicted molar refractivity (Wildman–Crippen MR) is 61.7 cm³/mol. The normalized spacial score (nSPS) is 10.8. The highest BCUT2D eigenvalue weighted by atomic mass is 16.5. The summed E-state index contributed by atoms with van der Waals surface area (Å²) in [5.41, 5.74) is 6.49. The Morgan fingerprint density at radius 1 is 1.19 bits per heavy atom. The van der Waals surface area contributed by atoms with Crippen molar-refractivity contribution in [3.8, 4) is 11.3 Å². The maximum absolute atomic E-state index is 5.54. The van der Waals surface area contributed by atoms with E-state index >= 15 is 0 Å². The number of nitrogens with zero attached hydrogens (tertiary/aromatic N) is 2. The number of hydrogen-bond acceptors (Lipinski definition) is 4. The molecule has 0 amide bonds. The zero-order valence-corrected chi connectivity index (χ0v) is 8.42. The summed E-state index contributed by atoms with van der Waals surface area (Å²) >= 11 is 0. The molecular weight excluding hydrogens is 202 g/mol. The minimum absolute atomic E-state index is 0.385. The van der Waals surface area contributed by atoms with Crippen LogP contribution < -0.4 is 5.73 Å². The van der Waals surface area contributed by atoms with Gasteiger partial charge in [0.1, 0.15) is 0 Å². The van der Waals surface area contributed by atoms with E-state index in [4.69, 9.17) is 10.3 Å². The van der Waals surface area contributed by atoms with Crippen LogP contribution in [0.3, 0.4) is 0 Å². The van der Waals surface area contributed by atoms with E-state index in [0.717, 1.165) is 16.3 Å². The summed E-state index contributed by atoms with van der Waals surface area (Å²) in [5.74, 6) is 1.05. The van der Waals surface area contributed by atoms with Gasteiger partial charge < -0.3 is 10.3 Å². The second-order valence-electron chi connectivity index (χ2n) is 3.52. The summed E-state index contributed by atoms with van der Waals surface area (Å²) < 4.78 is 5.16. The molecule has 4 nitrogen and oxygen atoms in total. The minimum Gasteiger partial charge on any atom is -0.381 e. The molecule has 1 aromatic carbocycles. The Morgan fingerprint density at radius 2 is 2.12 bits per heavy atom. The average molecular weight is 211 g/mol. The van der Waals surface area contributed by atoms with Crippen LogP contribution in [0.15, 0.2) is 47.2 Å². The molecule has 0 atom stereocenters. The van der Waals surface area contributed by atoms with E-state index in [1.807, 2.05) is 30.5 Å². The Bertz CT molecular complexity index is 640. The van der Waals surface area contributed by atoms with Crippen molar-refractivity contribution in [2.24, 2.45) is 0 Å². The van der Waals surface area contributed by atoms with Gasteiger partial charge >= 0.3 is 0 Å². The van der Waals surface area contributed by atoms with Gasteiger partial charge in [-0.15, -0.1) is 0 Å². The molecule has 0 aliphatic rings. The Kier molecular flexibility index (Phi) is 1.86. The molecule has 0 bridgehead atoms. The molecule has 3 rings (SSSR count). The van der Waals surface area contributed by atoms with Crippen LogP contribution in [0.4, 0.5) is 5.82 Å². The number of nitrogens with two attached hydrogens (primary N) is 1. The van der Waals surface area contributed by atoms with Gasteiger partial charge in [-0.1, -0.05) is 23.4 Å². The highest BCUT2D eigenvalue weighted by Gasteiger charge is 2.08. The second kappa shape index (κ2) is 3.34. The van der Waals surface area contributed by atoms with Crippen molar-refractivity contribution in [1.29, 1.82) is 0 Å². The Labute approximate surface area is 91.7 Å². The highest BCUT2D eigenvalue weighted by Crippen LogP contribution is 2.28. The van der Waals surface area contributed by atoms with Gasteiger partial charge in [-0.25, -0.2) is 0 Å². The molecule has 0 saturated heterocycles. The van der Waals surface area contributed by atoms with Crippen molar-refractivity contribution >= 4 is 16.6 Å². The van der Waals surface area contributed by atoms with Crippen LogP contribution in [0.2, 0.25) is 0 Å². The van der Waals surface area contributed by atoms with Gasteiger partial charge in [-0.05, 0) is 11.5 Å². The molecule has 4 heteroatoms. The van der Waals surface area contributed by atoms with E-state index < -0.39 is 0 Å². The molecule has 3 aromatic rings. The number of fused-ring (bicyclic) bond motifs is 1. The van der Waals surface area contributed by atoms with Crippen LogP contribution in [0.5, 0.6) is 0 Å². The van der Waals surface area contributed by atoms with E-state index in [9.17, 15) is 0 Å². The molecule has 0 aliphatic carbocycles. The third kappa shape index (κ3) is 1.32. The van der Waals surface area contributed by atoms with Crippen LogP contribution in [0, 0.1) is 0 Å². The first-order chi connectivity index (χ1) is 7.84. The molecule has 0 saturated carbocycles. The molecule has 0 unspecified atom stereocenters. The molecule has 0 fully saturated rings. The van der Waals surface area contributed by atoms with E-state index in [1.165, 1.54) is 0 Å². The zero-order valence-electron chi connectivity index (χ0n) is 8.42. The number of rotatable bonds is 1. The molecule has 2 N–H and O–H groups in total. The smallest absolute Gasteiger partial charge is 0.169 e. The average Bonchev–Trinajstić information content (AvgIpc) is 2.75. The molecule has 78 valence electrons.